The maximum Gasteiger partial charge on any atom is 0.261 e. The maximum atomic E-state index is 12.2. The Kier molecular flexibility index (Phi) is 3.82. The minimum absolute atomic E-state index is 0.0406. The first-order chi connectivity index (χ1) is 9.31. The third kappa shape index (κ3) is 3.17. The number of anilines is 1. The molecule has 0 fully saturated rings. The first-order valence-electron chi connectivity index (χ1n) is 5.68. The molecule has 2 aromatic carbocycles. The van der Waals surface area contributed by atoms with E-state index in [0.29, 0.717) is 0 Å². The standard InChI is InChI=1S/C13H13NO4S2/c1-19(15,16)13-10-6-5-9-12(13)14-20(17,18)11-7-3-2-4-8-11/h2-10,14H,1H3. The van der Waals surface area contributed by atoms with Crippen molar-refractivity contribution in [3.05, 3.63) is 54.6 Å². The number of sulfone groups is 1. The molecule has 7 heteroatoms. The number of nitrogens with one attached hydrogen (secondary N) is 1. The average Bonchev–Trinajstić information content (AvgIpc) is 2.39. The van der Waals surface area contributed by atoms with Crippen LogP contribution in [0.2, 0.25) is 0 Å². The van der Waals surface area contributed by atoms with E-state index >= 15 is 0 Å². The minimum atomic E-state index is -3.81. The Morgan fingerprint density at radius 3 is 1.95 bits per heavy atom. The SMILES string of the molecule is CS(=O)(=O)c1ccccc1NS(=O)(=O)c1ccccc1. The van der Waals surface area contributed by atoms with Gasteiger partial charge in [-0.1, -0.05) is 30.3 Å². The van der Waals surface area contributed by atoms with Gasteiger partial charge in [0.2, 0.25) is 0 Å². The zero-order valence-electron chi connectivity index (χ0n) is 10.6. The monoisotopic (exact) mass is 311 g/mol. The third-order valence-electron chi connectivity index (χ3n) is 2.58. The normalized spacial score (nSPS) is 12.1. The van der Waals surface area contributed by atoms with Gasteiger partial charge in [0.05, 0.1) is 15.5 Å². The molecule has 0 radical (unpaired) electrons. The number of rotatable bonds is 4. The van der Waals surface area contributed by atoms with E-state index in [1.807, 2.05) is 0 Å². The van der Waals surface area contributed by atoms with Gasteiger partial charge in [0, 0.05) is 6.26 Å². The van der Waals surface area contributed by atoms with Gasteiger partial charge in [-0.2, -0.15) is 0 Å². The van der Waals surface area contributed by atoms with Gasteiger partial charge in [-0.25, -0.2) is 16.8 Å². The molecular weight excluding hydrogens is 298 g/mol. The van der Waals surface area contributed by atoms with Crippen LogP contribution in [-0.2, 0) is 19.9 Å². The van der Waals surface area contributed by atoms with Gasteiger partial charge in [0.25, 0.3) is 10.0 Å². The lowest BCUT2D eigenvalue weighted by molar-refractivity contribution is 0.601. The van der Waals surface area contributed by atoms with Gasteiger partial charge in [0.15, 0.2) is 9.84 Å². The van der Waals surface area contributed by atoms with Crippen LogP contribution in [0.3, 0.4) is 0 Å². The highest BCUT2D eigenvalue weighted by Gasteiger charge is 2.19. The van der Waals surface area contributed by atoms with Crippen LogP contribution in [0.25, 0.3) is 0 Å². The Labute approximate surface area is 118 Å². The molecule has 0 bridgehead atoms. The summed E-state index contributed by atoms with van der Waals surface area (Å²) in [7, 11) is -7.33. The number of hydrogen-bond acceptors (Lipinski definition) is 4. The molecule has 0 aliphatic rings. The van der Waals surface area contributed by atoms with Crippen LogP contribution in [0.4, 0.5) is 5.69 Å². The molecule has 0 aliphatic carbocycles. The van der Waals surface area contributed by atoms with Crippen LogP contribution in [0.1, 0.15) is 0 Å². The van der Waals surface area contributed by atoms with E-state index in [4.69, 9.17) is 0 Å². The van der Waals surface area contributed by atoms with Crippen molar-refractivity contribution in [1.82, 2.24) is 0 Å². The van der Waals surface area contributed by atoms with E-state index in [1.165, 1.54) is 30.3 Å². The fourth-order valence-electron chi connectivity index (χ4n) is 1.68. The molecule has 2 aromatic rings. The molecule has 0 unspecified atom stereocenters. The first kappa shape index (κ1) is 14.5. The van der Waals surface area contributed by atoms with Gasteiger partial charge in [-0.15, -0.1) is 0 Å². The zero-order valence-corrected chi connectivity index (χ0v) is 12.3. The molecule has 20 heavy (non-hydrogen) atoms. The van der Waals surface area contributed by atoms with Crippen molar-refractivity contribution < 1.29 is 16.8 Å². The molecule has 0 aromatic heterocycles. The van der Waals surface area contributed by atoms with Crippen molar-refractivity contribution in [2.75, 3.05) is 11.0 Å². The first-order valence-corrected chi connectivity index (χ1v) is 9.05. The van der Waals surface area contributed by atoms with Crippen LogP contribution in [0.5, 0.6) is 0 Å². The van der Waals surface area contributed by atoms with Crippen LogP contribution in [0, 0.1) is 0 Å². The molecule has 2 rings (SSSR count). The van der Waals surface area contributed by atoms with Gasteiger partial charge in [-0.3, -0.25) is 4.72 Å². The molecule has 0 atom stereocenters. The molecule has 0 spiro atoms. The van der Waals surface area contributed by atoms with Crippen molar-refractivity contribution >= 4 is 25.5 Å². The Morgan fingerprint density at radius 1 is 0.800 bits per heavy atom. The summed E-state index contributed by atoms with van der Waals surface area (Å²) in [5.41, 5.74) is 0.0406. The van der Waals surface area contributed by atoms with Gasteiger partial charge < -0.3 is 0 Å². The predicted octanol–water partition coefficient (Wildman–Crippen LogP) is 1.89. The van der Waals surface area contributed by atoms with Crippen molar-refractivity contribution in [3.63, 3.8) is 0 Å². The number of benzene rings is 2. The maximum absolute atomic E-state index is 12.2. The van der Waals surface area contributed by atoms with Crippen molar-refractivity contribution in [2.45, 2.75) is 9.79 Å². The highest BCUT2D eigenvalue weighted by Crippen LogP contribution is 2.23. The Hall–Kier alpha value is -1.86. The lowest BCUT2D eigenvalue weighted by Gasteiger charge is -2.11. The van der Waals surface area contributed by atoms with Gasteiger partial charge in [-0.05, 0) is 24.3 Å². The second kappa shape index (κ2) is 5.26. The topological polar surface area (TPSA) is 80.3 Å². The molecule has 106 valence electrons. The second-order valence-corrected chi connectivity index (χ2v) is 7.85. The number of hydrogen-bond donors (Lipinski definition) is 1. The van der Waals surface area contributed by atoms with E-state index in [2.05, 4.69) is 4.72 Å². The Balaban J connectivity index is 2.46. The molecule has 0 amide bonds. The summed E-state index contributed by atoms with van der Waals surface area (Å²) in [4.78, 5) is 0.0165. The van der Waals surface area contributed by atoms with E-state index in [1.54, 1.807) is 24.3 Å². The average molecular weight is 311 g/mol. The molecule has 5 nitrogen and oxygen atoms in total. The summed E-state index contributed by atoms with van der Waals surface area (Å²) in [5.74, 6) is 0. The summed E-state index contributed by atoms with van der Waals surface area (Å²) in [6, 6.07) is 13.6. The lowest BCUT2D eigenvalue weighted by Crippen LogP contribution is -2.15. The molecule has 0 aliphatic heterocycles. The quantitative estimate of drug-likeness (QED) is 0.935. The highest BCUT2D eigenvalue weighted by atomic mass is 32.2. The fraction of sp³-hybridized carbons (Fsp3) is 0.0769. The van der Waals surface area contributed by atoms with Crippen molar-refractivity contribution in [1.29, 1.82) is 0 Å². The molecule has 0 heterocycles. The summed E-state index contributed by atoms with van der Waals surface area (Å²) < 4.78 is 49.9. The van der Waals surface area contributed by atoms with Crippen molar-refractivity contribution in [2.24, 2.45) is 0 Å². The van der Waals surface area contributed by atoms with Crippen molar-refractivity contribution in [3.8, 4) is 0 Å². The smallest absolute Gasteiger partial charge is 0.261 e. The zero-order chi connectivity index (χ0) is 14.8. The highest BCUT2D eigenvalue weighted by molar-refractivity contribution is 7.93. The molecule has 0 saturated heterocycles. The van der Waals surface area contributed by atoms with E-state index in [9.17, 15) is 16.8 Å². The summed E-state index contributed by atoms with van der Waals surface area (Å²) in [6.07, 6.45) is 1.03. The van der Waals surface area contributed by atoms with E-state index in [0.717, 1.165) is 6.26 Å². The second-order valence-electron chi connectivity index (χ2n) is 4.19. The predicted molar refractivity (Wildman–Crippen MR) is 76.8 cm³/mol. The van der Waals surface area contributed by atoms with Gasteiger partial charge in [0.1, 0.15) is 0 Å². The Bertz CT molecular complexity index is 812. The van der Waals surface area contributed by atoms with Crippen LogP contribution < -0.4 is 4.72 Å². The van der Waals surface area contributed by atoms with E-state index < -0.39 is 19.9 Å². The van der Waals surface area contributed by atoms with Gasteiger partial charge >= 0.3 is 0 Å². The molecule has 1 N–H and O–H groups in total. The fourth-order valence-corrected chi connectivity index (χ4v) is 3.69. The summed E-state index contributed by atoms with van der Waals surface area (Å²) in [6.45, 7) is 0. The largest absolute Gasteiger partial charge is 0.278 e. The third-order valence-corrected chi connectivity index (χ3v) is 5.12. The number of sulfonamides is 1. The summed E-state index contributed by atoms with van der Waals surface area (Å²) in [5, 5.41) is 0. The van der Waals surface area contributed by atoms with E-state index in [-0.39, 0.29) is 15.5 Å². The van der Waals surface area contributed by atoms with Crippen LogP contribution >= 0.6 is 0 Å². The minimum Gasteiger partial charge on any atom is -0.278 e. The molecular formula is C13H13NO4S2. The number of para-hydroxylation sites is 1. The lowest BCUT2D eigenvalue weighted by atomic mass is 10.3. The summed E-state index contributed by atoms with van der Waals surface area (Å²) >= 11 is 0. The van der Waals surface area contributed by atoms with Crippen LogP contribution in [-0.4, -0.2) is 23.1 Å². The van der Waals surface area contributed by atoms with Crippen LogP contribution in [0.15, 0.2) is 64.4 Å². The Morgan fingerprint density at radius 2 is 1.35 bits per heavy atom. The molecule has 0 saturated carbocycles.